The van der Waals surface area contributed by atoms with Crippen LogP contribution in [0, 0.1) is 0 Å². The van der Waals surface area contributed by atoms with E-state index in [4.69, 9.17) is 9.57 Å². The number of hydrogen-bond donors (Lipinski definition) is 0. The number of nitrogens with zero attached hydrogens (tertiary/aromatic N) is 1. The molecule has 0 radical (unpaired) electrons. The largest absolute Gasteiger partial charge is 0.413 e. The van der Waals surface area contributed by atoms with Crippen molar-refractivity contribution in [2.45, 2.75) is 6.92 Å². The van der Waals surface area contributed by atoms with Gasteiger partial charge in [0.1, 0.15) is 6.26 Å². The molecule has 0 aromatic heterocycles. The highest BCUT2D eigenvalue weighted by Crippen LogP contribution is 2.07. The molecule has 0 aliphatic carbocycles. The third-order valence-electron chi connectivity index (χ3n) is 1.37. The Morgan fingerprint density at radius 1 is 1.80 bits per heavy atom. The first-order valence-corrected chi connectivity index (χ1v) is 3.39. The van der Waals surface area contributed by atoms with Gasteiger partial charge in [-0.1, -0.05) is 0 Å². The van der Waals surface area contributed by atoms with Crippen LogP contribution >= 0.6 is 0 Å². The molecule has 0 spiro atoms. The van der Waals surface area contributed by atoms with Gasteiger partial charge in [0, 0.05) is 7.11 Å². The lowest BCUT2D eigenvalue weighted by atomic mass is 10.3. The predicted molar refractivity (Wildman–Crippen MR) is 38.3 cm³/mol. The minimum atomic E-state index is 0.723. The van der Waals surface area contributed by atoms with E-state index in [1.807, 2.05) is 12.0 Å². The van der Waals surface area contributed by atoms with Crippen LogP contribution in [-0.2, 0) is 9.57 Å². The van der Waals surface area contributed by atoms with Crippen molar-refractivity contribution in [1.82, 2.24) is 5.06 Å². The van der Waals surface area contributed by atoms with Crippen LogP contribution in [0.4, 0.5) is 0 Å². The van der Waals surface area contributed by atoms with Gasteiger partial charge in [-0.25, -0.2) is 0 Å². The van der Waals surface area contributed by atoms with E-state index in [0.717, 1.165) is 19.7 Å². The lowest BCUT2D eigenvalue weighted by Gasteiger charge is -2.12. The molecule has 58 valence electrons. The summed E-state index contributed by atoms with van der Waals surface area (Å²) in [4.78, 5) is 5.16. The summed E-state index contributed by atoms with van der Waals surface area (Å²) in [6.07, 6.45) is 1.77. The highest BCUT2D eigenvalue weighted by molar-refractivity contribution is 4.98. The van der Waals surface area contributed by atoms with Crippen LogP contribution in [0.3, 0.4) is 0 Å². The molecule has 0 fully saturated rings. The zero-order valence-electron chi connectivity index (χ0n) is 6.46. The minimum Gasteiger partial charge on any atom is -0.413 e. The first-order valence-electron chi connectivity index (χ1n) is 3.39. The van der Waals surface area contributed by atoms with E-state index in [1.54, 1.807) is 13.4 Å². The summed E-state index contributed by atoms with van der Waals surface area (Å²) >= 11 is 0. The Balaban J connectivity index is 2.11. The molecule has 0 aromatic rings. The van der Waals surface area contributed by atoms with Gasteiger partial charge in [-0.3, -0.25) is 0 Å². The summed E-state index contributed by atoms with van der Waals surface area (Å²) in [5.41, 5.74) is 1.26. The average molecular weight is 143 g/mol. The number of rotatable bonds is 3. The number of hydroxylamine groups is 2. The van der Waals surface area contributed by atoms with Crippen molar-refractivity contribution >= 4 is 0 Å². The topological polar surface area (TPSA) is 21.7 Å². The van der Waals surface area contributed by atoms with Gasteiger partial charge in [0.2, 0.25) is 0 Å². The zero-order chi connectivity index (χ0) is 7.40. The second-order valence-electron chi connectivity index (χ2n) is 2.43. The molecule has 3 heteroatoms. The Labute approximate surface area is 61.2 Å². The van der Waals surface area contributed by atoms with Crippen LogP contribution in [0.2, 0.25) is 0 Å². The molecule has 0 saturated carbocycles. The molecule has 0 amide bonds. The Kier molecular flexibility index (Phi) is 2.71. The van der Waals surface area contributed by atoms with Crippen molar-refractivity contribution in [1.29, 1.82) is 0 Å². The maximum absolute atomic E-state index is 5.16. The second-order valence-corrected chi connectivity index (χ2v) is 2.43. The van der Waals surface area contributed by atoms with Crippen molar-refractivity contribution in [2.75, 3.05) is 26.8 Å². The fourth-order valence-corrected chi connectivity index (χ4v) is 0.842. The molecule has 0 unspecified atom stereocenters. The van der Waals surface area contributed by atoms with E-state index in [2.05, 4.69) is 0 Å². The van der Waals surface area contributed by atoms with E-state index in [9.17, 15) is 0 Å². The summed E-state index contributed by atoms with van der Waals surface area (Å²) < 4.78 is 4.89. The van der Waals surface area contributed by atoms with Crippen molar-refractivity contribution < 1.29 is 9.57 Å². The number of methoxy groups -OCH3 is 1. The van der Waals surface area contributed by atoms with Crippen LogP contribution in [-0.4, -0.2) is 31.9 Å². The average Bonchev–Trinajstić information content (AvgIpc) is 2.31. The second kappa shape index (κ2) is 3.58. The first kappa shape index (κ1) is 7.57. The van der Waals surface area contributed by atoms with E-state index in [-0.39, 0.29) is 0 Å². The Morgan fingerprint density at radius 3 is 3.10 bits per heavy atom. The Morgan fingerprint density at radius 2 is 2.60 bits per heavy atom. The van der Waals surface area contributed by atoms with E-state index >= 15 is 0 Å². The molecular formula is C7H13NO2. The molecule has 0 saturated heterocycles. The summed E-state index contributed by atoms with van der Waals surface area (Å²) in [6.45, 7) is 4.52. The normalized spacial score (nSPS) is 18.8. The first-order chi connectivity index (χ1) is 4.83. The molecule has 1 aliphatic rings. The van der Waals surface area contributed by atoms with Crippen LogP contribution < -0.4 is 0 Å². The van der Waals surface area contributed by atoms with Crippen molar-refractivity contribution in [3.63, 3.8) is 0 Å². The fraction of sp³-hybridized carbons (Fsp3) is 0.714. The summed E-state index contributed by atoms with van der Waals surface area (Å²) in [5.74, 6) is 0. The fourth-order valence-electron chi connectivity index (χ4n) is 0.842. The van der Waals surface area contributed by atoms with E-state index in [1.165, 1.54) is 5.57 Å². The van der Waals surface area contributed by atoms with Crippen molar-refractivity contribution in [3.8, 4) is 0 Å². The predicted octanol–water partition coefficient (Wildman–Crippen LogP) is 0.784. The molecule has 0 atom stereocenters. The van der Waals surface area contributed by atoms with Gasteiger partial charge in [0.15, 0.2) is 0 Å². The molecular weight excluding hydrogens is 130 g/mol. The maximum atomic E-state index is 5.16. The number of ether oxygens (including phenoxy) is 1. The van der Waals surface area contributed by atoms with Gasteiger partial charge >= 0.3 is 0 Å². The molecule has 3 nitrogen and oxygen atoms in total. The van der Waals surface area contributed by atoms with Crippen LogP contribution in [0.25, 0.3) is 0 Å². The smallest absolute Gasteiger partial charge is 0.111 e. The number of hydrogen-bond acceptors (Lipinski definition) is 3. The third-order valence-corrected chi connectivity index (χ3v) is 1.37. The van der Waals surface area contributed by atoms with Gasteiger partial charge in [-0.05, 0) is 12.5 Å². The lowest BCUT2D eigenvalue weighted by Crippen LogP contribution is -2.23. The van der Waals surface area contributed by atoms with Crippen LogP contribution in [0.15, 0.2) is 11.8 Å². The summed E-state index contributed by atoms with van der Waals surface area (Å²) in [5, 5.41) is 1.87. The molecule has 0 N–H and O–H groups in total. The van der Waals surface area contributed by atoms with E-state index in [0.29, 0.717) is 0 Å². The quantitative estimate of drug-likeness (QED) is 0.583. The molecule has 0 aromatic carbocycles. The minimum absolute atomic E-state index is 0.723. The highest BCUT2D eigenvalue weighted by Gasteiger charge is 2.10. The molecule has 1 rings (SSSR count). The molecule has 1 heterocycles. The molecule has 10 heavy (non-hydrogen) atoms. The van der Waals surface area contributed by atoms with Gasteiger partial charge < -0.3 is 9.57 Å². The van der Waals surface area contributed by atoms with Crippen LogP contribution in [0.5, 0.6) is 0 Å². The van der Waals surface area contributed by atoms with Crippen molar-refractivity contribution in [2.24, 2.45) is 0 Å². The summed E-state index contributed by atoms with van der Waals surface area (Å²) in [6, 6.07) is 0. The van der Waals surface area contributed by atoms with E-state index < -0.39 is 0 Å². The molecule has 1 aliphatic heterocycles. The Bertz CT molecular complexity index is 134. The monoisotopic (exact) mass is 143 g/mol. The Hall–Kier alpha value is -0.540. The van der Waals surface area contributed by atoms with Crippen LogP contribution in [0.1, 0.15) is 6.92 Å². The standard InChI is InChI=1S/C7H13NO2/c1-7-5-8(10-6-7)3-4-9-2/h6H,3-5H2,1-2H3. The van der Waals surface area contributed by atoms with Gasteiger partial charge in [0.05, 0.1) is 19.7 Å². The lowest BCUT2D eigenvalue weighted by molar-refractivity contribution is -0.0864. The maximum Gasteiger partial charge on any atom is 0.111 e. The molecule has 0 bridgehead atoms. The third kappa shape index (κ3) is 2.01. The zero-order valence-corrected chi connectivity index (χ0v) is 6.46. The van der Waals surface area contributed by atoms with Crippen molar-refractivity contribution in [3.05, 3.63) is 11.8 Å². The van der Waals surface area contributed by atoms with Gasteiger partial charge in [-0.15, -0.1) is 5.06 Å². The van der Waals surface area contributed by atoms with Gasteiger partial charge in [0.25, 0.3) is 0 Å². The highest BCUT2D eigenvalue weighted by atomic mass is 16.7. The SMILES string of the molecule is COCCN1CC(C)=CO1. The van der Waals surface area contributed by atoms with Gasteiger partial charge in [-0.2, -0.15) is 0 Å². The summed E-state index contributed by atoms with van der Waals surface area (Å²) in [7, 11) is 1.69.